The highest BCUT2D eigenvalue weighted by atomic mass is 16.4. The van der Waals surface area contributed by atoms with Crippen LogP contribution in [0.5, 0.6) is 0 Å². The molecule has 0 fully saturated rings. The highest BCUT2D eigenvalue weighted by molar-refractivity contribution is 5.83. The van der Waals surface area contributed by atoms with Crippen LogP contribution >= 0.6 is 0 Å². The number of carbonyl (C=O) groups is 2. The number of aryl methyl sites for hydroxylation is 2. The first-order valence-electron chi connectivity index (χ1n) is 7.48. The van der Waals surface area contributed by atoms with E-state index in [0.29, 0.717) is 6.42 Å². The van der Waals surface area contributed by atoms with Gasteiger partial charge in [-0.2, -0.15) is 0 Å². The van der Waals surface area contributed by atoms with Gasteiger partial charge in [-0.15, -0.1) is 0 Å². The Kier molecular flexibility index (Phi) is 6.92. The Labute approximate surface area is 126 Å². The van der Waals surface area contributed by atoms with E-state index in [2.05, 4.69) is 36.5 Å². The zero-order valence-electron chi connectivity index (χ0n) is 13.1. The lowest BCUT2D eigenvalue weighted by Gasteiger charge is -2.17. The number of amides is 1. The van der Waals surface area contributed by atoms with Crippen molar-refractivity contribution in [2.24, 2.45) is 5.92 Å². The van der Waals surface area contributed by atoms with Crippen molar-refractivity contribution in [3.63, 3.8) is 0 Å². The van der Waals surface area contributed by atoms with Crippen molar-refractivity contribution in [1.82, 2.24) is 5.32 Å². The van der Waals surface area contributed by atoms with E-state index in [-0.39, 0.29) is 11.8 Å². The van der Waals surface area contributed by atoms with Gasteiger partial charge in [0.2, 0.25) is 5.91 Å². The number of carboxylic acids is 1. The monoisotopic (exact) mass is 291 g/mol. The third kappa shape index (κ3) is 6.43. The van der Waals surface area contributed by atoms with Crippen LogP contribution in [-0.2, 0) is 16.0 Å². The fourth-order valence-corrected chi connectivity index (χ4v) is 2.13. The van der Waals surface area contributed by atoms with Gasteiger partial charge < -0.3 is 10.4 Å². The quantitative estimate of drug-likeness (QED) is 0.724. The fraction of sp³-hybridized carbons (Fsp3) is 0.529. The van der Waals surface area contributed by atoms with Gasteiger partial charge in [0.1, 0.15) is 6.04 Å². The summed E-state index contributed by atoms with van der Waals surface area (Å²) in [6.07, 6.45) is 3.02. The molecule has 0 radical (unpaired) electrons. The van der Waals surface area contributed by atoms with Crippen molar-refractivity contribution in [2.45, 2.75) is 52.5 Å². The number of hydrogen-bond acceptors (Lipinski definition) is 2. The molecule has 1 rings (SSSR count). The van der Waals surface area contributed by atoms with Crippen molar-refractivity contribution >= 4 is 11.9 Å². The van der Waals surface area contributed by atoms with Crippen molar-refractivity contribution in [3.8, 4) is 0 Å². The van der Waals surface area contributed by atoms with Crippen LogP contribution < -0.4 is 5.32 Å². The van der Waals surface area contributed by atoms with Crippen LogP contribution in [0.25, 0.3) is 0 Å². The minimum atomic E-state index is -0.974. The molecule has 0 bridgehead atoms. The zero-order chi connectivity index (χ0) is 15.8. The Hall–Kier alpha value is -1.84. The van der Waals surface area contributed by atoms with E-state index in [1.807, 2.05) is 0 Å². The van der Waals surface area contributed by atoms with Crippen LogP contribution in [0.4, 0.5) is 0 Å². The van der Waals surface area contributed by atoms with E-state index >= 15 is 0 Å². The molecule has 0 aliphatic carbocycles. The summed E-state index contributed by atoms with van der Waals surface area (Å²) in [6.45, 7) is 5.63. The average molecular weight is 291 g/mol. The Bertz CT molecular complexity index is 465. The normalized spacial score (nSPS) is 12.2. The third-order valence-corrected chi connectivity index (χ3v) is 3.49. The molecular weight excluding hydrogens is 266 g/mol. The van der Waals surface area contributed by atoms with Gasteiger partial charge in [0, 0.05) is 6.42 Å². The molecule has 1 amide bonds. The largest absolute Gasteiger partial charge is 0.480 e. The standard InChI is InChI=1S/C17H25NO3/c1-12(2)16(17(20)21)18-15(19)7-5-4-6-14-10-8-13(3)9-11-14/h8-12,16H,4-7H2,1-3H3,(H,18,19)(H,20,21)/t16-/m0/s1. The molecule has 21 heavy (non-hydrogen) atoms. The van der Waals surface area contributed by atoms with Crippen molar-refractivity contribution in [1.29, 1.82) is 0 Å². The number of carboxylic acid groups (broad SMARTS) is 1. The molecule has 1 aromatic carbocycles. The number of carbonyl (C=O) groups excluding carboxylic acids is 1. The van der Waals surface area contributed by atoms with Gasteiger partial charge in [0.15, 0.2) is 0 Å². The first-order chi connectivity index (χ1) is 9.90. The van der Waals surface area contributed by atoms with Crippen LogP contribution in [0, 0.1) is 12.8 Å². The molecule has 0 aliphatic heterocycles. The predicted molar refractivity (Wildman–Crippen MR) is 83.1 cm³/mol. The third-order valence-electron chi connectivity index (χ3n) is 3.49. The minimum Gasteiger partial charge on any atom is -0.480 e. The van der Waals surface area contributed by atoms with Crippen LogP contribution in [0.15, 0.2) is 24.3 Å². The lowest BCUT2D eigenvalue weighted by atomic mass is 10.0. The van der Waals surface area contributed by atoms with E-state index in [9.17, 15) is 9.59 Å². The number of nitrogens with one attached hydrogen (secondary N) is 1. The first-order valence-corrected chi connectivity index (χ1v) is 7.48. The second-order valence-electron chi connectivity index (χ2n) is 5.82. The van der Waals surface area contributed by atoms with Gasteiger partial charge in [-0.25, -0.2) is 4.79 Å². The molecule has 0 spiro atoms. The summed E-state index contributed by atoms with van der Waals surface area (Å²) in [4.78, 5) is 22.7. The van der Waals surface area contributed by atoms with Gasteiger partial charge in [0.05, 0.1) is 0 Å². The highest BCUT2D eigenvalue weighted by Gasteiger charge is 2.22. The average Bonchev–Trinajstić information content (AvgIpc) is 2.42. The molecule has 0 heterocycles. The lowest BCUT2D eigenvalue weighted by Crippen LogP contribution is -2.44. The van der Waals surface area contributed by atoms with Crippen molar-refractivity contribution in [2.75, 3.05) is 0 Å². The molecule has 4 nitrogen and oxygen atoms in total. The molecule has 2 N–H and O–H groups in total. The van der Waals surface area contributed by atoms with Crippen LogP contribution in [0.2, 0.25) is 0 Å². The van der Waals surface area contributed by atoms with Gasteiger partial charge in [0.25, 0.3) is 0 Å². The maximum absolute atomic E-state index is 11.7. The summed E-state index contributed by atoms with van der Waals surface area (Å²) in [5.74, 6) is -1.27. The van der Waals surface area contributed by atoms with Gasteiger partial charge >= 0.3 is 5.97 Å². The number of aliphatic carboxylic acids is 1. The molecular formula is C17H25NO3. The molecule has 0 aromatic heterocycles. The van der Waals surface area contributed by atoms with E-state index in [1.54, 1.807) is 13.8 Å². The number of hydrogen-bond donors (Lipinski definition) is 2. The summed E-state index contributed by atoms with van der Waals surface area (Å²) in [6, 6.07) is 7.59. The van der Waals surface area contributed by atoms with Crippen LogP contribution in [0.1, 0.15) is 44.2 Å². The molecule has 1 atom stereocenters. The summed E-state index contributed by atoms with van der Waals surface area (Å²) in [5.41, 5.74) is 2.51. The molecule has 0 saturated carbocycles. The molecule has 4 heteroatoms. The Morgan fingerprint density at radius 1 is 1.14 bits per heavy atom. The van der Waals surface area contributed by atoms with Crippen molar-refractivity contribution < 1.29 is 14.7 Å². The number of unbranched alkanes of at least 4 members (excludes halogenated alkanes) is 1. The summed E-state index contributed by atoms with van der Waals surface area (Å²) in [7, 11) is 0. The van der Waals surface area contributed by atoms with E-state index < -0.39 is 12.0 Å². The van der Waals surface area contributed by atoms with Crippen molar-refractivity contribution in [3.05, 3.63) is 35.4 Å². The van der Waals surface area contributed by atoms with Crippen LogP contribution in [-0.4, -0.2) is 23.0 Å². The lowest BCUT2D eigenvalue weighted by molar-refractivity contribution is -0.143. The fourth-order valence-electron chi connectivity index (χ4n) is 2.13. The van der Waals surface area contributed by atoms with E-state index in [4.69, 9.17) is 5.11 Å². The zero-order valence-corrected chi connectivity index (χ0v) is 13.1. The Balaban J connectivity index is 2.27. The molecule has 0 aliphatic rings. The first kappa shape index (κ1) is 17.2. The summed E-state index contributed by atoms with van der Waals surface area (Å²) >= 11 is 0. The smallest absolute Gasteiger partial charge is 0.326 e. The van der Waals surface area contributed by atoms with E-state index in [1.165, 1.54) is 11.1 Å². The van der Waals surface area contributed by atoms with E-state index in [0.717, 1.165) is 19.3 Å². The SMILES string of the molecule is Cc1ccc(CCCCC(=O)N[C@H](C(=O)O)C(C)C)cc1. The summed E-state index contributed by atoms with van der Waals surface area (Å²) in [5, 5.41) is 11.6. The topological polar surface area (TPSA) is 66.4 Å². The molecule has 1 aromatic rings. The number of rotatable bonds is 8. The molecule has 116 valence electrons. The second kappa shape index (κ2) is 8.45. The summed E-state index contributed by atoms with van der Waals surface area (Å²) < 4.78 is 0. The maximum atomic E-state index is 11.7. The molecule has 0 unspecified atom stereocenters. The highest BCUT2D eigenvalue weighted by Crippen LogP contribution is 2.09. The molecule has 0 saturated heterocycles. The minimum absolute atomic E-state index is 0.112. The van der Waals surface area contributed by atoms with Gasteiger partial charge in [-0.05, 0) is 37.7 Å². The number of benzene rings is 1. The van der Waals surface area contributed by atoms with Gasteiger partial charge in [-0.3, -0.25) is 4.79 Å². The van der Waals surface area contributed by atoms with Crippen LogP contribution in [0.3, 0.4) is 0 Å². The second-order valence-corrected chi connectivity index (χ2v) is 5.82. The maximum Gasteiger partial charge on any atom is 0.326 e. The Morgan fingerprint density at radius 2 is 1.76 bits per heavy atom. The Morgan fingerprint density at radius 3 is 2.29 bits per heavy atom. The van der Waals surface area contributed by atoms with Gasteiger partial charge in [-0.1, -0.05) is 43.7 Å². The predicted octanol–water partition coefficient (Wildman–Crippen LogP) is 2.93.